The molecule has 0 saturated heterocycles. The summed E-state index contributed by atoms with van der Waals surface area (Å²) in [4.78, 5) is 0. The van der Waals surface area contributed by atoms with Crippen LogP contribution in [0.5, 0.6) is 0 Å². The van der Waals surface area contributed by atoms with Crippen molar-refractivity contribution in [1.29, 1.82) is 5.26 Å². The van der Waals surface area contributed by atoms with Crippen molar-refractivity contribution in [3.63, 3.8) is 0 Å². The molecule has 4 heteroatoms. The number of hydrogen-bond acceptors (Lipinski definition) is 3. The highest BCUT2D eigenvalue weighted by molar-refractivity contribution is 14.2. The van der Waals surface area contributed by atoms with Gasteiger partial charge in [0.2, 0.25) is 0 Å². The molecule has 0 fully saturated rings. The van der Waals surface area contributed by atoms with Crippen LogP contribution in [0.15, 0.2) is 24.3 Å². The summed E-state index contributed by atoms with van der Waals surface area (Å²) in [6.45, 7) is 0. The van der Waals surface area contributed by atoms with E-state index in [-0.39, 0.29) is 0 Å². The molecule has 0 atom stereocenters. The second-order valence-electron chi connectivity index (χ2n) is 1.84. The van der Waals surface area contributed by atoms with Crippen LogP contribution in [0.4, 0.5) is 0 Å². The van der Waals surface area contributed by atoms with Gasteiger partial charge in [-0.1, -0.05) is 0 Å². The SMILES string of the molecule is N#Cc1ccc(I(=O)=O)cc1. The van der Waals surface area contributed by atoms with E-state index >= 15 is 0 Å². The molecule has 0 heterocycles. The van der Waals surface area contributed by atoms with Gasteiger partial charge in [0, 0.05) is 0 Å². The summed E-state index contributed by atoms with van der Waals surface area (Å²) in [5.41, 5.74) is 0.478. The van der Waals surface area contributed by atoms with Crippen molar-refractivity contribution >= 4 is 19.8 Å². The summed E-state index contributed by atoms with van der Waals surface area (Å²) < 4.78 is 21.2. The van der Waals surface area contributed by atoms with Gasteiger partial charge < -0.3 is 0 Å². The van der Waals surface area contributed by atoms with E-state index in [9.17, 15) is 6.14 Å². The minimum Gasteiger partial charge on any atom is -0.230 e. The lowest BCUT2D eigenvalue weighted by molar-refractivity contribution is 0.610. The minimum absolute atomic E-state index is 0.327. The molecule has 0 aromatic heterocycles. The number of nitriles is 1. The van der Waals surface area contributed by atoms with E-state index < -0.39 is 19.8 Å². The van der Waals surface area contributed by atoms with E-state index in [1.165, 1.54) is 24.3 Å². The van der Waals surface area contributed by atoms with Crippen molar-refractivity contribution in [1.82, 2.24) is 0 Å². The highest BCUT2D eigenvalue weighted by Gasteiger charge is 1.96. The summed E-state index contributed by atoms with van der Waals surface area (Å²) >= 11 is -3.33. The average Bonchev–Trinajstić information content (AvgIpc) is 2.05. The van der Waals surface area contributed by atoms with Crippen LogP contribution in [0.1, 0.15) is 5.56 Å². The van der Waals surface area contributed by atoms with E-state index in [2.05, 4.69) is 0 Å². The zero-order valence-corrected chi connectivity index (χ0v) is 7.61. The summed E-state index contributed by atoms with van der Waals surface area (Å²) in [5, 5.41) is 8.37. The van der Waals surface area contributed by atoms with Crippen LogP contribution in [0, 0.1) is 14.9 Å². The lowest BCUT2D eigenvalue weighted by atomic mass is 10.2. The molecular weight excluding hydrogens is 257 g/mol. The van der Waals surface area contributed by atoms with E-state index in [1.807, 2.05) is 6.07 Å². The molecule has 3 nitrogen and oxygen atoms in total. The predicted molar refractivity (Wildman–Crippen MR) is 45.2 cm³/mol. The Morgan fingerprint density at radius 3 is 2.09 bits per heavy atom. The van der Waals surface area contributed by atoms with Gasteiger partial charge in [0.15, 0.2) is 0 Å². The molecule has 0 aliphatic carbocycles. The topological polar surface area (TPSA) is 57.9 Å². The van der Waals surface area contributed by atoms with E-state index in [0.29, 0.717) is 9.13 Å². The van der Waals surface area contributed by atoms with E-state index in [1.54, 1.807) is 0 Å². The maximum atomic E-state index is 10.4. The zero-order valence-electron chi connectivity index (χ0n) is 5.45. The summed E-state index contributed by atoms with van der Waals surface area (Å²) in [6.07, 6.45) is 0. The molecular formula is C7H4INO2. The molecule has 56 valence electrons. The third-order valence-corrected chi connectivity index (χ3v) is 2.89. The Bertz CT molecular complexity index is 351. The third-order valence-electron chi connectivity index (χ3n) is 1.15. The normalized spacial score (nSPS) is 9.45. The number of hydrogen-bond donors (Lipinski definition) is 0. The Kier molecular flexibility index (Phi) is 2.54. The van der Waals surface area contributed by atoms with Crippen molar-refractivity contribution in [3.8, 4) is 6.07 Å². The largest absolute Gasteiger partial charge is 0.340 e. The van der Waals surface area contributed by atoms with Crippen LogP contribution in [0.2, 0.25) is 0 Å². The fourth-order valence-corrected chi connectivity index (χ4v) is 1.57. The van der Waals surface area contributed by atoms with Gasteiger partial charge >= 0.3 is 19.8 Å². The van der Waals surface area contributed by atoms with Gasteiger partial charge in [-0.3, -0.25) is 0 Å². The van der Waals surface area contributed by atoms with E-state index in [4.69, 9.17) is 5.26 Å². The van der Waals surface area contributed by atoms with Crippen LogP contribution < -0.4 is 0 Å². The Morgan fingerprint density at radius 1 is 1.18 bits per heavy atom. The first-order valence-electron chi connectivity index (χ1n) is 2.79. The van der Waals surface area contributed by atoms with Crippen LogP contribution in [-0.4, -0.2) is 0 Å². The van der Waals surface area contributed by atoms with Gasteiger partial charge in [-0.15, -0.1) is 0 Å². The summed E-state index contributed by atoms with van der Waals surface area (Å²) in [5.74, 6) is 0. The number of rotatable bonds is 1. The van der Waals surface area contributed by atoms with Gasteiger partial charge in [-0.2, -0.15) is 5.26 Å². The molecule has 1 aromatic rings. The number of benzene rings is 1. The second kappa shape index (κ2) is 3.44. The maximum Gasteiger partial charge on any atom is 0.340 e. The Morgan fingerprint density at radius 2 is 1.73 bits per heavy atom. The van der Waals surface area contributed by atoms with Crippen LogP contribution in [-0.2, 0) is 6.14 Å². The second-order valence-corrected chi connectivity index (χ2v) is 4.32. The lowest BCUT2D eigenvalue weighted by Gasteiger charge is -1.86. The van der Waals surface area contributed by atoms with Crippen molar-refractivity contribution in [2.45, 2.75) is 0 Å². The Hall–Kier alpha value is -0.960. The molecule has 0 radical (unpaired) electrons. The third kappa shape index (κ3) is 1.98. The van der Waals surface area contributed by atoms with Crippen molar-refractivity contribution in [2.24, 2.45) is 0 Å². The fraction of sp³-hybridized carbons (Fsp3) is 0. The first-order valence-corrected chi connectivity index (χ1v) is 5.63. The molecule has 0 aliphatic heterocycles. The minimum atomic E-state index is -3.33. The molecule has 0 amide bonds. The van der Waals surface area contributed by atoms with Crippen LogP contribution in [0.25, 0.3) is 0 Å². The Balaban J connectivity index is 3.13. The van der Waals surface area contributed by atoms with Gasteiger partial charge in [-0.25, -0.2) is 6.14 Å². The lowest BCUT2D eigenvalue weighted by Crippen LogP contribution is -1.74. The average molecular weight is 261 g/mol. The molecule has 0 aliphatic rings. The molecule has 0 saturated carbocycles. The van der Waals surface area contributed by atoms with Gasteiger partial charge in [-0.05, 0) is 24.3 Å². The predicted octanol–water partition coefficient (Wildman–Crippen LogP) is 1.93. The fourth-order valence-electron chi connectivity index (χ4n) is 0.627. The summed E-state index contributed by atoms with van der Waals surface area (Å²) in [7, 11) is 0. The first kappa shape index (κ1) is 8.14. The smallest absolute Gasteiger partial charge is 0.230 e. The quantitative estimate of drug-likeness (QED) is 0.725. The van der Waals surface area contributed by atoms with Gasteiger partial charge in [0.25, 0.3) is 0 Å². The molecule has 1 rings (SSSR count). The first-order chi connectivity index (χ1) is 5.24. The maximum absolute atomic E-state index is 10.4. The van der Waals surface area contributed by atoms with Gasteiger partial charge in [0.1, 0.15) is 0 Å². The molecule has 0 spiro atoms. The van der Waals surface area contributed by atoms with Crippen LogP contribution in [0.3, 0.4) is 0 Å². The molecule has 0 N–H and O–H groups in total. The van der Waals surface area contributed by atoms with Crippen molar-refractivity contribution < 1.29 is 6.14 Å². The number of halogens is 1. The standard InChI is InChI=1S/C7H4INO2/c9-5-6-1-3-7(4-2-6)8(10)11/h1-4H. The monoisotopic (exact) mass is 261 g/mol. The van der Waals surface area contributed by atoms with Crippen molar-refractivity contribution in [2.75, 3.05) is 0 Å². The Labute approximate surface area is 70.8 Å². The highest BCUT2D eigenvalue weighted by atomic mass is 127. The summed E-state index contributed by atoms with van der Waals surface area (Å²) in [6, 6.07) is 7.79. The molecule has 1 aromatic carbocycles. The van der Waals surface area contributed by atoms with Gasteiger partial charge in [0.05, 0.1) is 15.2 Å². The zero-order chi connectivity index (χ0) is 8.27. The van der Waals surface area contributed by atoms with E-state index in [0.717, 1.165) is 0 Å². The van der Waals surface area contributed by atoms with Crippen molar-refractivity contribution in [3.05, 3.63) is 33.4 Å². The highest BCUT2D eigenvalue weighted by Crippen LogP contribution is 2.16. The molecule has 11 heavy (non-hydrogen) atoms. The molecule has 0 unspecified atom stereocenters. The molecule has 0 bridgehead atoms. The number of nitrogens with zero attached hydrogens (tertiary/aromatic N) is 1. The van der Waals surface area contributed by atoms with Crippen LogP contribution >= 0.6 is 19.8 Å².